The molecule has 6 heteroatoms. The molecule has 6 nitrogen and oxygen atoms in total. The maximum atomic E-state index is 12.9. The summed E-state index contributed by atoms with van der Waals surface area (Å²) >= 11 is 0. The molecule has 1 atom stereocenters. The number of ether oxygens (including phenoxy) is 3. The van der Waals surface area contributed by atoms with Crippen molar-refractivity contribution in [2.45, 2.75) is 245 Å². The van der Waals surface area contributed by atoms with Crippen LogP contribution in [0, 0.1) is 0 Å². The monoisotopic (exact) mass is 1010 g/mol. The lowest BCUT2D eigenvalue weighted by Gasteiger charge is -2.18. The molecular weight excluding hydrogens is 901 g/mol. The van der Waals surface area contributed by atoms with E-state index in [-0.39, 0.29) is 37.5 Å². The molecule has 0 radical (unpaired) electrons. The Kier molecular flexibility index (Phi) is 56.0. The fraction of sp³-hybridized carbons (Fsp3) is 0.597. The van der Waals surface area contributed by atoms with Crippen molar-refractivity contribution in [3.63, 3.8) is 0 Å². The molecule has 0 aliphatic rings. The maximum Gasteiger partial charge on any atom is 0.306 e. The van der Waals surface area contributed by atoms with Gasteiger partial charge in [-0.05, 0) is 141 Å². The van der Waals surface area contributed by atoms with Crippen molar-refractivity contribution in [1.29, 1.82) is 0 Å². The second-order valence-corrected chi connectivity index (χ2v) is 18.8. The van der Waals surface area contributed by atoms with E-state index in [9.17, 15) is 14.4 Å². The summed E-state index contributed by atoms with van der Waals surface area (Å²) in [4.78, 5) is 38.2. The van der Waals surface area contributed by atoms with Crippen molar-refractivity contribution in [2.24, 2.45) is 0 Å². The third kappa shape index (κ3) is 58.1. The Morgan fingerprint density at radius 1 is 0.288 bits per heavy atom. The summed E-state index contributed by atoms with van der Waals surface area (Å²) < 4.78 is 16.8. The number of esters is 3. The van der Waals surface area contributed by atoms with Crippen LogP contribution in [-0.4, -0.2) is 37.2 Å². The van der Waals surface area contributed by atoms with E-state index in [1.165, 1.54) is 70.6 Å². The molecule has 73 heavy (non-hydrogen) atoms. The van der Waals surface area contributed by atoms with E-state index in [2.05, 4.69) is 167 Å². The van der Waals surface area contributed by atoms with E-state index >= 15 is 0 Å². The van der Waals surface area contributed by atoms with Crippen molar-refractivity contribution < 1.29 is 28.6 Å². The molecule has 0 heterocycles. The fourth-order valence-electron chi connectivity index (χ4n) is 7.41. The first kappa shape index (κ1) is 68.3. The van der Waals surface area contributed by atoms with Gasteiger partial charge in [0.1, 0.15) is 13.2 Å². The highest BCUT2D eigenvalue weighted by Crippen LogP contribution is 2.11. The topological polar surface area (TPSA) is 78.9 Å². The molecule has 0 aliphatic heterocycles. The number of carbonyl (C=O) groups excluding carboxylic acids is 3. The minimum absolute atomic E-state index is 0.131. The molecule has 0 saturated carbocycles. The first-order valence-electron chi connectivity index (χ1n) is 29.3. The molecule has 0 saturated heterocycles. The second kappa shape index (κ2) is 59.8. The van der Waals surface area contributed by atoms with Gasteiger partial charge in [-0.15, -0.1) is 0 Å². The molecule has 0 fully saturated rings. The molecule has 0 aromatic rings. The predicted molar refractivity (Wildman–Crippen MR) is 315 cm³/mol. The predicted octanol–water partition coefficient (Wildman–Crippen LogP) is 20.0. The summed E-state index contributed by atoms with van der Waals surface area (Å²) in [5, 5.41) is 0. The lowest BCUT2D eigenvalue weighted by atomic mass is 10.1. The average molecular weight is 1010 g/mol. The van der Waals surface area contributed by atoms with Gasteiger partial charge in [0.15, 0.2) is 6.10 Å². The smallest absolute Gasteiger partial charge is 0.306 e. The average Bonchev–Trinajstić information content (AvgIpc) is 3.39. The Bertz CT molecular complexity index is 1630. The Hall–Kier alpha value is -4.71. The Labute approximate surface area is 448 Å². The van der Waals surface area contributed by atoms with Crippen molar-refractivity contribution in [2.75, 3.05) is 13.2 Å². The molecule has 0 spiro atoms. The number of carbonyl (C=O) groups is 3. The molecule has 0 aliphatic carbocycles. The van der Waals surface area contributed by atoms with E-state index in [1.54, 1.807) is 0 Å². The van der Waals surface area contributed by atoms with Crippen molar-refractivity contribution in [3.05, 3.63) is 146 Å². The number of allylic oxidation sites excluding steroid dienone is 24. The van der Waals surface area contributed by atoms with Gasteiger partial charge in [-0.3, -0.25) is 14.4 Å². The van der Waals surface area contributed by atoms with Crippen LogP contribution in [0.4, 0.5) is 0 Å². The van der Waals surface area contributed by atoms with Gasteiger partial charge >= 0.3 is 17.9 Å². The molecule has 0 aromatic carbocycles. The Morgan fingerprint density at radius 3 is 0.904 bits per heavy atom. The highest BCUT2D eigenvalue weighted by atomic mass is 16.6. The van der Waals surface area contributed by atoms with E-state index in [0.717, 1.165) is 122 Å². The minimum atomic E-state index is -0.839. The lowest BCUT2D eigenvalue weighted by Crippen LogP contribution is -2.30. The molecule has 410 valence electrons. The zero-order valence-electron chi connectivity index (χ0n) is 46.8. The van der Waals surface area contributed by atoms with Crippen LogP contribution in [0.25, 0.3) is 0 Å². The molecule has 0 bridgehead atoms. The highest BCUT2D eigenvalue weighted by molar-refractivity contribution is 5.71. The highest BCUT2D eigenvalue weighted by Gasteiger charge is 2.19. The maximum absolute atomic E-state index is 12.9. The first-order chi connectivity index (χ1) is 36.0. The fourth-order valence-corrected chi connectivity index (χ4v) is 7.41. The quantitative estimate of drug-likeness (QED) is 0.0261. The Balaban J connectivity index is 4.61. The summed E-state index contributed by atoms with van der Waals surface area (Å²) in [5.41, 5.74) is 0. The van der Waals surface area contributed by atoms with Crippen LogP contribution in [0.5, 0.6) is 0 Å². The lowest BCUT2D eigenvalue weighted by molar-refractivity contribution is -0.167. The van der Waals surface area contributed by atoms with Crippen molar-refractivity contribution in [3.8, 4) is 0 Å². The van der Waals surface area contributed by atoms with Gasteiger partial charge in [0.25, 0.3) is 0 Å². The van der Waals surface area contributed by atoms with Gasteiger partial charge in [-0.25, -0.2) is 0 Å². The van der Waals surface area contributed by atoms with Gasteiger partial charge < -0.3 is 14.2 Å². The van der Waals surface area contributed by atoms with Crippen LogP contribution in [0.15, 0.2) is 146 Å². The van der Waals surface area contributed by atoms with Crippen LogP contribution in [0.1, 0.15) is 239 Å². The number of hydrogen-bond acceptors (Lipinski definition) is 6. The molecule has 0 rings (SSSR count). The van der Waals surface area contributed by atoms with Crippen LogP contribution in [0.3, 0.4) is 0 Å². The van der Waals surface area contributed by atoms with Gasteiger partial charge in [-0.1, -0.05) is 224 Å². The number of unbranched alkanes of at least 4 members (excludes halogenated alkanes) is 16. The molecular formula is C67H106O6. The summed E-state index contributed by atoms with van der Waals surface area (Å²) in [7, 11) is 0. The molecule has 0 N–H and O–H groups in total. The van der Waals surface area contributed by atoms with Crippen LogP contribution in [0.2, 0.25) is 0 Å². The second-order valence-electron chi connectivity index (χ2n) is 18.8. The standard InChI is InChI=1S/C67H106O6/c1-4-7-10-13-16-19-22-25-28-31-33-36-38-41-44-47-50-53-56-59-65(68)71-62-64(73-67(70)61-58-55-52-49-46-43-40-35-30-27-24-21-18-15-12-9-6-3)63-72-66(69)60-57-54-51-48-45-42-39-37-34-32-29-26-23-20-17-14-11-8-5-2/h7,10,16-17,19-20,25-30,33-34,36-37,40-45,49,52,64H,4-6,8-9,11-15,18,21-24,31-32,35,38-39,46-48,50-51,53-63H2,1-3H3/b10-7-,19-16-,20-17-,28-25-,29-26-,30-27-,36-33-,37-34-,43-40-,44-41-,45-42-,52-49-/t64-/m1/s1. The van der Waals surface area contributed by atoms with Crippen molar-refractivity contribution in [1.82, 2.24) is 0 Å². The Morgan fingerprint density at radius 2 is 0.548 bits per heavy atom. The van der Waals surface area contributed by atoms with E-state index < -0.39 is 6.10 Å². The summed E-state index contributed by atoms with van der Waals surface area (Å²) in [6.45, 7) is 6.38. The summed E-state index contributed by atoms with van der Waals surface area (Å²) in [6, 6.07) is 0. The zero-order chi connectivity index (χ0) is 52.9. The molecule has 0 unspecified atom stereocenters. The van der Waals surface area contributed by atoms with Crippen molar-refractivity contribution >= 4 is 17.9 Å². The third-order valence-corrected chi connectivity index (χ3v) is 11.8. The number of rotatable bonds is 51. The van der Waals surface area contributed by atoms with Gasteiger partial charge in [0.2, 0.25) is 0 Å². The van der Waals surface area contributed by atoms with Gasteiger partial charge in [0.05, 0.1) is 0 Å². The summed E-state index contributed by atoms with van der Waals surface area (Å²) in [6.07, 6.45) is 85.5. The summed E-state index contributed by atoms with van der Waals surface area (Å²) in [5.74, 6) is -1.05. The number of hydrogen-bond donors (Lipinski definition) is 0. The molecule has 0 amide bonds. The van der Waals surface area contributed by atoms with E-state index in [0.29, 0.717) is 19.3 Å². The largest absolute Gasteiger partial charge is 0.462 e. The normalized spacial score (nSPS) is 13.2. The van der Waals surface area contributed by atoms with Crippen LogP contribution < -0.4 is 0 Å². The molecule has 0 aromatic heterocycles. The zero-order valence-corrected chi connectivity index (χ0v) is 46.8. The van der Waals surface area contributed by atoms with E-state index in [4.69, 9.17) is 14.2 Å². The van der Waals surface area contributed by atoms with Gasteiger partial charge in [0, 0.05) is 19.3 Å². The third-order valence-electron chi connectivity index (χ3n) is 11.8. The van der Waals surface area contributed by atoms with Gasteiger partial charge in [-0.2, -0.15) is 0 Å². The van der Waals surface area contributed by atoms with Crippen LogP contribution >= 0.6 is 0 Å². The minimum Gasteiger partial charge on any atom is -0.462 e. The van der Waals surface area contributed by atoms with E-state index in [1.807, 2.05) is 0 Å². The SMILES string of the molecule is CC/C=C\C/C=C\C/C=C\C/C=C\C/C=C\CCCCCC(=O)OC[C@H](COC(=O)CCCCC/C=C\C/C=C\C/C=C\C/C=C\CCCCC)OC(=O)CCC/C=C\C/C=C\C/C=C\CCCCCCCC. The van der Waals surface area contributed by atoms with Crippen LogP contribution in [-0.2, 0) is 28.6 Å². The first-order valence-corrected chi connectivity index (χ1v) is 29.3.